The summed E-state index contributed by atoms with van der Waals surface area (Å²) in [4.78, 5) is 54.5. The van der Waals surface area contributed by atoms with Crippen molar-refractivity contribution in [2.75, 3.05) is 79.7 Å². The summed E-state index contributed by atoms with van der Waals surface area (Å²) in [5.41, 5.74) is 29.6. The second kappa shape index (κ2) is 28.2. The summed E-state index contributed by atoms with van der Waals surface area (Å²) in [6, 6.07) is 19.5. The quantitative estimate of drug-likeness (QED) is 0.0345. The third-order valence-electron chi connectivity index (χ3n) is 26.5. The predicted octanol–water partition coefficient (Wildman–Crippen LogP) is 8.01. The number of aromatic hydroxyl groups is 2. The minimum atomic E-state index is -1.50. The van der Waals surface area contributed by atoms with Crippen LogP contribution in [0.4, 0.5) is 0 Å². The van der Waals surface area contributed by atoms with Crippen LogP contribution in [0.1, 0.15) is 135 Å². The van der Waals surface area contributed by atoms with Gasteiger partial charge in [-0.3, -0.25) is 30.2 Å². The van der Waals surface area contributed by atoms with E-state index < -0.39 is 40.5 Å². The van der Waals surface area contributed by atoms with Gasteiger partial charge in [-0.25, -0.2) is 9.59 Å². The van der Waals surface area contributed by atoms with Crippen molar-refractivity contribution in [1.29, 1.82) is 5.26 Å². The summed E-state index contributed by atoms with van der Waals surface area (Å²) >= 11 is 3.37. The molecule has 2 spiro atoms. The Labute approximate surface area is 670 Å². The number of benzene rings is 6. The number of para-hydroxylation sites is 2. The van der Waals surface area contributed by atoms with Gasteiger partial charge in [0.05, 0.1) is 61.9 Å². The van der Waals surface area contributed by atoms with Gasteiger partial charge in [0.25, 0.3) is 5.09 Å². The number of hydrogen-bond acceptors (Lipinski definition) is 26. The zero-order valence-electron chi connectivity index (χ0n) is 63.5. The number of aromatic amines is 2. The fraction of sp³-hybridized carbons (Fsp3) is 0.469. The summed E-state index contributed by atoms with van der Waals surface area (Å²) < 4.78 is 49.5. The molecule has 0 unspecified atom stereocenters. The topological polar surface area (TPSA) is 376 Å². The number of nitrogens with one attached hydrogen (secondary N) is 4. The van der Waals surface area contributed by atoms with Gasteiger partial charge in [-0.1, -0.05) is 48.5 Å². The molecule has 12 N–H and O–H groups in total. The number of aryl methyl sites for hydroxylation is 2. The van der Waals surface area contributed by atoms with Crippen LogP contribution in [0.3, 0.4) is 0 Å². The molecule has 0 amide bonds. The van der Waals surface area contributed by atoms with Crippen LogP contribution < -0.4 is 50.5 Å². The van der Waals surface area contributed by atoms with Gasteiger partial charge in [0.1, 0.15) is 25.5 Å². The van der Waals surface area contributed by atoms with Gasteiger partial charge in [-0.2, -0.15) is 5.26 Å². The molecule has 14 aliphatic heterocycles. The second-order valence-corrected chi connectivity index (χ2v) is 33.8. The number of aliphatic hydroxyl groups excluding tert-OH is 1. The van der Waals surface area contributed by atoms with Crippen LogP contribution in [0.2, 0.25) is 0 Å². The van der Waals surface area contributed by atoms with E-state index in [2.05, 4.69) is 105 Å². The van der Waals surface area contributed by atoms with Crippen molar-refractivity contribution in [1.82, 2.24) is 40.2 Å². The maximum Gasteiger partial charge on any atom is 0.333 e. The summed E-state index contributed by atoms with van der Waals surface area (Å²) in [7, 11) is 7.31. The molecule has 6 aromatic carbocycles. The summed E-state index contributed by atoms with van der Waals surface area (Å²) in [5, 5.41) is 70.5. The van der Waals surface area contributed by atoms with E-state index in [-0.39, 0.29) is 131 Å². The van der Waals surface area contributed by atoms with E-state index in [0.717, 1.165) is 122 Å². The summed E-state index contributed by atoms with van der Waals surface area (Å²) in [6.07, 6.45) is 1.55. The van der Waals surface area contributed by atoms with Crippen LogP contribution in [0.5, 0.6) is 46.0 Å². The third-order valence-corrected chi connectivity index (χ3v) is 29.4. The number of thioether (sulfide) groups is 2. The zero-order valence-corrected chi connectivity index (χ0v) is 66.6. The molecule has 8 aromatic rings. The van der Waals surface area contributed by atoms with E-state index in [4.69, 9.17) is 64.7 Å². The molecule has 16 heterocycles. The number of hydrogen-bond donors (Lipinski definition) is 10. The number of nitrogens with zero attached hydrogens (tertiary/aromatic N) is 6. The zero-order chi connectivity index (χ0) is 77.6. The van der Waals surface area contributed by atoms with Crippen LogP contribution in [0.15, 0.2) is 60.7 Å². The van der Waals surface area contributed by atoms with Gasteiger partial charge >= 0.3 is 11.9 Å². The Hall–Kier alpha value is -8.49. The average Bonchev–Trinajstić information content (AvgIpc) is 0.936. The Morgan fingerprint density at radius 1 is 0.616 bits per heavy atom. The number of aromatic nitrogens is 2. The number of methoxy groups -OCH3 is 2. The molecular weight excluding hydrogens is 1570 g/mol. The number of H-pyrrole nitrogens is 2. The van der Waals surface area contributed by atoms with Crippen LogP contribution in [-0.2, 0) is 78.2 Å². The number of phenols is 2. The number of piperazine rings is 2. The van der Waals surface area contributed by atoms with Crippen LogP contribution in [-0.4, -0.2) is 195 Å². The minimum Gasteiger partial charge on any atom is -0.504 e. The fourth-order valence-corrected chi connectivity index (χ4v) is 25.0. The minimum absolute atomic E-state index is 0. The number of esters is 2. The number of likely N-dealkylation sites (N-methyl/N-ethyl adjacent to an activating group) is 2. The van der Waals surface area contributed by atoms with E-state index in [1.54, 1.807) is 37.7 Å². The van der Waals surface area contributed by atoms with E-state index in [1.807, 2.05) is 57.3 Å². The molecule has 0 saturated carbocycles. The molecule has 593 valence electrons. The maximum absolute atomic E-state index is 15.0. The number of nitrogens with two attached hydrogens (primary N) is 2. The first-order valence-corrected chi connectivity index (χ1v) is 39.8. The first-order chi connectivity index (χ1) is 53.4. The molecule has 28 nitrogen and oxygen atoms in total. The number of carbonyl (C=O) groups excluding carboxylic acids is 2. The number of aliphatic hydroxyl groups is 1. The number of carbonyl (C=O) groups is 2. The standard InChI is InChI=1S/C41H44N6O6S.C40H45N5O7S.Ag.HNO3/c1-18-10-21-11-26-27(14-43)47-28-15-51-40(49)41(39-24(12-22(13-42)45-41)23-8-6-7-9-25(23)44-39)16-54-38(29-19(2)20(3)36-37(31(28)29)53-17-52-36)33(47)32(46(26)4)30(21)34(48)35(18)50-5;1-17-10-20-11-25-38(47)45-26-14-50-39(48)40(37-23(12-21(13-41)43-40)22-8-6-7-9-24(22)42-37)15-53-36(27-18(2)19(3)34-35(29(26)27)52-16-51-34)31(45)30(44(25)4)28(20)32(46)33(17)49-5;;2-1(3)4/h6-10,22,26-28,32-33,38,44-45,48H,11-13,15-17,42H2,1-5H3;6-10,21,25-26,30-31,36,38,42-43,46-47H,11-16,41H2,1-5H3;;(H,2,3,4)/t22-,26+,27+,28+,32-,33-,38-,41-;21-,25+,26+,30-,31-,36-,38+,40-;;/m11../s1. The molecule has 8 bridgehead atoms. The Morgan fingerprint density at radius 2 is 1.03 bits per heavy atom. The molecule has 14 aliphatic rings. The van der Waals surface area contributed by atoms with Crippen molar-refractivity contribution < 1.29 is 95.5 Å². The molecule has 22 rings (SSSR count). The monoisotopic (exact) mass is 1660 g/mol. The molecule has 4 fully saturated rings. The molecule has 1 radical (unpaired) electrons. The van der Waals surface area contributed by atoms with Crippen molar-refractivity contribution in [2.45, 2.75) is 161 Å². The van der Waals surface area contributed by atoms with Gasteiger partial charge < -0.3 is 79.9 Å². The number of nitriles is 1. The van der Waals surface area contributed by atoms with Gasteiger partial charge in [0.2, 0.25) is 13.6 Å². The van der Waals surface area contributed by atoms with Crippen molar-refractivity contribution in [3.05, 3.63) is 171 Å². The second-order valence-electron chi connectivity index (χ2n) is 31.6. The normalized spacial score (nSPS) is 30.1. The van der Waals surface area contributed by atoms with Crippen molar-refractivity contribution in [3.63, 3.8) is 0 Å². The fourth-order valence-electron chi connectivity index (χ4n) is 21.5. The van der Waals surface area contributed by atoms with Gasteiger partial charge in [0, 0.05) is 132 Å². The molecule has 112 heavy (non-hydrogen) atoms. The number of phenolic OH excluding ortho intramolecular Hbond substituents is 2. The van der Waals surface area contributed by atoms with Gasteiger partial charge in [-0.15, -0.1) is 33.6 Å². The van der Waals surface area contributed by atoms with Crippen molar-refractivity contribution >= 4 is 57.3 Å². The van der Waals surface area contributed by atoms with Crippen molar-refractivity contribution in [2.24, 2.45) is 11.5 Å². The number of rotatable bonds is 4. The average molecular weight is 1660 g/mol. The molecule has 0 aliphatic carbocycles. The third kappa shape index (κ3) is 10.8. The first-order valence-electron chi connectivity index (χ1n) is 37.7. The Balaban J connectivity index is 0.000000154. The van der Waals surface area contributed by atoms with Gasteiger partial charge in [0.15, 0.2) is 57.1 Å². The Bertz CT molecular complexity index is 5310. The molecule has 31 heteroatoms. The number of fused-ring (bicyclic) bond motifs is 22. The Morgan fingerprint density at radius 3 is 1.46 bits per heavy atom. The van der Waals surface area contributed by atoms with E-state index in [9.17, 15) is 30.2 Å². The van der Waals surface area contributed by atoms with E-state index in [1.165, 1.54) is 0 Å². The molecule has 2 aromatic heterocycles. The summed E-state index contributed by atoms with van der Waals surface area (Å²) in [6.45, 7) is 13.1. The SMILES string of the molecule is COc1c(C)cc2c(c1O)[C@@H]1[C@@H]3[C@@H]4SC[C@]5(N[C@@H](CN)Cc6c5[nH]c5ccccc65)C(=O)OC[C@@H](c5c6c(c(C)c(C)c54)OCO6)N3[C@@H](C#N)[C@H](C2)N1C.COc1c(C)cc2c(c1O)[C@@H]1[C@@H]3[C@@H]4SC[C@]5(N[C@@H](CN)Cc6c5[nH]c5ccccc65)C(=O)OC[C@@H](c5c6c(c(C)c(C)c54)OCO6)N3[C@@H](O)[C@H](C2)N1C.O=[N+]([O-])O.[Ag]. The maximum atomic E-state index is 15.0. The smallest absolute Gasteiger partial charge is 0.333 e. The van der Waals surface area contributed by atoms with Crippen LogP contribution in [0, 0.1) is 63.0 Å². The Kier molecular flexibility index (Phi) is 19.2. The van der Waals surface area contributed by atoms with Crippen LogP contribution >= 0.6 is 23.5 Å². The molecule has 16 atom stereocenters. The van der Waals surface area contributed by atoms with Crippen molar-refractivity contribution in [3.8, 4) is 52.1 Å². The summed E-state index contributed by atoms with van der Waals surface area (Å²) in [5.74, 6) is 3.78. The number of ether oxygens (including phenoxy) is 8. The van der Waals surface area contributed by atoms with Gasteiger partial charge in [-0.05, 0) is 160 Å². The largest absolute Gasteiger partial charge is 0.504 e. The predicted molar refractivity (Wildman–Crippen MR) is 411 cm³/mol. The van der Waals surface area contributed by atoms with Crippen LogP contribution in [0.25, 0.3) is 21.8 Å². The first kappa shape index (κ1) is 76.2. The molecular formula is C81H90AgN12O16S2. The van der Waals surface area contributed by atoms with E-state index in [0.29, 0.717) is 84.8 Å². The molecule has 4 saturated heterocycles. The van der Waals surface area contributed by atoms with E-state index >= 15 is 0 Å².